The predicted octanol–water partition coefficient (Wildman–Crippen LogP) is 7.25. The number of rotatable bonds is 19. The Balaban J connectivity index is 1.34. The molecule has 1 aliphatic heterocycles. The molecule has 0 bridgehead atoms. The van der Waals surface area contributed by atoms with Gasteiger partial charge in [0.05, 0.1) is 37.0 Å². The fourth-order valence-electron chi connectivity index (χ4n) is 6.67. The molecule has 5 atom stereocenters. The first kappa shape index (κ1) is 46.6. The number of nitro groups is 1. The van der Waals surface area contributed by atoms with Crippen LogP contribution in [0, 0.1) is 21.4 Å². The number of aromatic amines is 1. The Labute approximate surface area is 354 Å². The highest BCUT2D eigenvalue weighted by Crippen LogP contribution is 2.47. The third-order valence-electron chi connectivity index (χ3n) is 9.65. The van der Waals surface area contributed by atoms with Gasteiger partial charge in [0, 0.05) is 36.1 Å². The van der Waals surface area contributed by atoms with Gasteiger partial charge in [0.1, 0.15) is 30.8 Å². The van der Waals surface area contributed by atoms with Gasteiger partial charge in [0.25, 0.3) is 25.7 Å². The van der Waals surface area contributed by atoms with Crippen LogP contribution in [0.3, 0.4) is 0 Å². The zero-order valence-corrected chi connectivity index (χ0v) is 36.4. The Morgan fingerprint density at radius 1 is 1.11 bits per heavy atom. The van der Waals surface area contributed by atoms with Crippen LogP contribution in [0.4, 0.5) is 16.4 Å². The van der Waals surface area contributed by atoms with Gasteiger partial charge in [-0.05, 0) is 50.8 Å². The summed E-state index contributed by atoms with van der Waals surface area (Å²) in [7, 11) is -1.70. The number of hydrogen-bond acceptors (Lipinski definition) is 15. The first-order valence-corrected chi connectivity index (χ1v) is 21.0. The first-order valence-electron chi connectivity index (χ1n) is 19.9. The second-order valence-electron chi connectivity index (χ2n) is 16.0. The summed E-state index contributed by atoms with van der Waals surface area (Å²) in [6.45, 7) is 15.4. The summed E-state index contributed by atoms with van der Waals surface area (Å²) in [6, 6.07) is 15.7. The van der Waals surface area contributed by atoms with Gasteiger partial charge in [-0.1, -0.05) is 58.0 Å². The number of H-pyrrole nitrogens is 1. The molecule has 0 radical (unpaired) electrons. The Bertz CT molecular complexity index is 2230. The molecule has 0 aliphatic carbocycles. The third-order valence-corrected chi connectivity index (χ3v) is 11.7. The van der Waals surface area contributed by atoms with E-state index in [1.807, 2.05) is 44.5 Å². The lowest BCUT2D eigenvalue weighted by Crippen LogP contribution is -2.36. The number of nitriles is 1. The molecule has 1 amide bonds. The Kier molecular flexibility index (Phi) is 15.9. The number of nitro benzene ring substituents is 1. The van der Waals surface area contributed by atoms with E-state index in [1.54, 1.807) is 37.3 Å². The lowest BCUT2D eigenvalue weighted by atomic mass is 9.87. The standard InChI is InChI=1S/C41H53N8O11P/c1-25(2)48(26(3)4)61(57-19-11-18-42)58-22-33-32(60-40(52)56-21-27(5)30-12-9-10-13-31(30)49(53)54)20-35(59-33)47-24-43-36-37(47)45-39(46-38(36)51)44-34(50)23-55-29-16-14-28(15-17-29)41(6,7)8/h9-10,12-17,24-27,32-33,35H,11,19-23H2,1-8H3,(H2,44,45,46,50,51)/t27?,32-,33+,35+,61?/m0/s1. The molecule has 5 rings (SSSR count). The lowest BCUT2D eigenvalue weighted by molar-refractivity contribution is -0.385. The fraction of sp³-hybridized carbons (Fsp3) is 0.512. The first-order chi connectivity index (χ1) is 29.0. The molecule has 1 fully saturated rings. The van der Waals surface area contributed by atoms with Gasteiger partial charge in [-0.2, -0.15) is 10.2 Å². The Morgan fingerprint density at radius 3 is 2.48 bits per heavy atom. The van der Waals surface area contributed by atoms with Crippen molar-refractivity contribution in [1.82, 2.24) is 24.2 Å². The van der Waals surface area contributed by atoms with Gasteiger partial charge in [-0.3, -0.25) is 34.6 Å². The van der Waals surface area contributed by atoms with Crippen LogP contribution in [0.25, 0.3) is 11.2 Å². The molecule has 2 N–H and O–H groups in total. The van der Waals surface area contributed by atoms with Crippen molar-refractivity contribution >= 4 is 43.4 Å². The van der Waals surface area contributed by atoms with Crippen molar-refractivity contribution < 1.29 is 42.5 Å². The molecule has 2 aromatic heterocycles. The van der Waals surface area contributed by atoms with Crippen LogP contribution in [-0.2, 0) is 33.5 Å². The van der Waals surface area contributed by atoms with E-state index in [9.17, 15) is 24.5 Å². The molecule has 19 nitrogen and oxygen atoms in total. The molecular formula is C41H53N8O11P. The van der Waals surface area contributed by atoms with Crippen LogP contribution in [-0.4, -0.2) is 91.9 Å². The molecule has 0 saturated carbocycles. The number of nitrogens with zero attached hydrogens (tertiary/aromatic N) is 6. The summed E-state index contributed by atoms with van der Waals surface area (Å²) in [4.78, 5) is 61.7. The Hall–Kier alpha value is -5.51. The zero-order valence-electron chi connectivity index (χ0n) is 35.5. The minimum atomic E-state index is -1.70. The van der Waals surface area contributed by atoms with Gasteiger partial charge in [-0.15, -0.1) is 0 Å². The molecule has 0 spiro atoms. The number of amides is 1. The molecule has 4 aromatic rings. The van der Waals surface area contributed by atoms with E-state index in [-0.39, 0.29) is 79.6 Å². The minimum absolute atomic E-state index is 0.0117. The van der Waals surface area contributed by atoms with E-state index in [1.165, 1.54) is 17.0 Å². The van der Waals surface area contributed by atoms with Crippen molar-refractivity contribution in [1.29, 1.82) is 5.26 Å². The molecule has 328 valence electrons. The summed E-state index contributed by atoms with van der Waals surface area (Å²) >= 11 is 0. The number of aromatic nitrogens is 4. The average molecular weight is 865 g/mol. The maximum atomic E-state index is 13.2. The van der Waals surface area contributed by atoms with Gasteiger partial charge in [0.15, 0.2) is 17.8 Å². The summed E-state index contributed by atoms with van der Waals surface area (Å²) in [5.74, 6) is -0.764. The molecule has 3 heterocycles. The maximum absolute atomic E-state index is 13.2. The number of benzene rings is 2. The normalized spacial score (nSPS) is 17.6. The number of imidazole rings is 1. The second kappa shape index (κ2) is 20.8. The van der Waals surface area contributed by atoms with Crippen LogP contribution >= 0.6 is 8.53 Å². The highest BCUT2D eigenvalue weighted by molar-refractivity contribution is 7.44. The minimum Gasteiger partial charge on any atom is -0.484 e. The lowest BCUT2D eigenvalue weighted by Gasteiger charge is -2.36. The summed E-state index contributed by atoms with van der Waals surface area (Å²) in [5.41, 5.74) is 0.782. The van der Waals surface area contributed by atoms with Crippen molar-refractivity contribution in [3.05, 3.63) is 86.5 Å². The van der Waals surface area contributed by atoms with E-state index in [0.29, 0.717) is 11.3 Å². The number of carbonyl (C=O) groups excluding carboxylic acids is 2. The van der Waals surface area contributed by atoms with Crippen molar-refractivity contribution in [2.45, 2.75) is 110 Å². The smallest absolute Gasteiger partial charge is 0.484 e. The van der Waals surface area contributed by atoms with Gasteiger partial charge in [-0.25, -0.2) is 14.4 Å². The van der Waals surface area contributed by atoms with Crippen molar-refractivity contribution in [3.8, 4) is 11.8 Å². The number of anilines is 1. The molecule has 61 heavy (non-hydrogen) atoms. The second-order valence-corrected chi connectivity index (χ2v) is 17.4. The summed E-state index contributed by atoms with van der Waals surface area (Å²) in [6.07, 6.45) is -2.24. The van der Waals surface area contributed by atoms with E-state index in [2.05, 4.69) is 47.1 Å². The maximum Gasteiger partial charge on any atom is 0.508 e. The fourth-order valence-corrected chi connectivity index (χ4v) is 8.29. The van der Waals surface area contributed by atoms with E-state index >= 15 is 0 Å². The monoisotopic (exact) mass is 864 g/mol. The van der Waals surface area contributed by atoms with Crippen molar-refractivity contribution in [2.75, 3.05) is 31.7 Å². The third kappa shape index (κ3) is 12.3. The number of carbonyl (C=O) groups is 2. The summed E-state index contributed by atoms with van der Waals surface area (Å²) < 4.78 is 39.3. The van der Waals surface area contributed by atoms with E-state index in [4.69, 9.17) is 33.3 Å². The number of para-hydroxylation sites is 1. The summed E-state index contributed by atoms with van der Waals surface area (Å²) in [5, 5.41) is 23.3. The number of ether oxygens (including phenoxy) is 4. The Morgan fingerprint density at radius 2 is 1.82 bits per heavy atom. The van der Waals surface area contributed by atoms with Gasteiger partial charge >= 0.3 is 6.16 Å². The van der Waals surface area contributed by atoms with Crippen LogP contribution in [0.5, 0.6) is 5.75 Å². The van der Waals surface area contributed by atoms with Gasteiger partial charge < -0.3 is 28.0 Å². The number of nitrogens with one attached hydrogen (secondary N) is 2. The highest BCUT2D eigenvalue weighted by Gasteiger charge is 2.42. The molecular weight excluding hydrogens is 811 g/mol. The molecule has 1 saturated heterocycles. The average Bonchev–Trinajstić information content (AvgIpc) is 3.81. The van der Waals surface area contributed by atoms with Crippen molar-refractivity contribution in [3.63, 3.8) is 0 Å². The molecule has 20 heteroatoms. The van der Waals surface area contributed by atoms with Crippen LogP contribution < -0.4 is 15.6 Å². The predicted molar refractivity (Wildman–Crippen MR) is 225 cm³/mol. The topological polar surface area (TPSA) is 235 Å². The van der Waals surface area contributed by atoms with Gasteiger partial charge in [0.2, 0.25) is 5.95 Å². The highest BCUT2D eigenvalue weighted by atomic mass is 31.2. The number of hydrogen-bond donors (Lipinski definition) is 2. The van der Waals surface area contributed by atoms with Crippen LogP contribution in [0.2, 0.25) is 0 Å². The quantitative estimate of drug-likeness (QED) is 0.0310. The van der Waals surface area contributed by atoms with Crippen molar-refractivity contribution in [2.24, 2.45) is 0 Å². The molecule has 2 aromatic carbocycles. The molecule has 2 unspecified atom stereocenters. The van der Waals surface area contributed by atoms with E-state index in [0.717, 1.165) is 5.56 Å². The number of fused-ring (bicyclic) bond motifs is 1. The molecule has 1 aliphatic rings. The van der Waals surface area contributed by atoms with Crippen LogP contribution in [0.15, 0.2) is 59.7 Å². The van der Waals surface area contributed by atoms with E-state index < -0.39 is 55.4 Å². The zero-order chi connectivity index (χ0) is 44.4. The SMILES string of the molecule is CC(COC(=O)O[C@H]1C[C@H](n2cnc3c(=O)[nH]c(NC(=O)COc4ccc(C(C)(C)C)cc4)nc32)O[C@@H]1COP(OCCC#N)N(C(C)C)C(C)C)c1ccccc1[N+](=O)[O-]. The largest absolute Gasteiger partial charge is 0.508 e. The van der Waals surface area contributed by atoms with Crippen LogP contribution in [0.1, 0.15) is 91.5 Å².